The van der Waals surface area contributed by atoms with Crippen molar-refractivity contribution in [3.63, 3.8) is 0 Å². The molecule has 2 aromatic rings. The Morgan fingerprint density at radius 2 is 1.81 bits per heavy atom. The average molecular weight is 361 g/mol. The predicted molar refractivity (Wildman–Crippen MR) is 73.6 cm³/mol. The van der Waals surface area contributed by atoms with E-state index in [2.05, 4.69) is 15.9 Å². The largest absolute Gasteiger partial charge is 0.416 e. The van der Waals surface area contributed by atoms with Crippen LogP contribution in [-0.2, 0) is 12.6 Å². The number of benzene rings is 2. The van der Waals surface area contributed by atoms with E-state index in [0.717, 1.165) is 18.2 Å². The number of carbonyl (C=O) groups is 1. The van der Waals surface area contributed by atoms with Gasteiger partial charge in [-0.3, -0.25) is 4.79 Å². The van der Waals surface area contributed by atoms with Crippen LogP contribution in [-0.4, -0.2) is 5.78 Å². The third-order valence-electron chi connectivity index (χ3n) is 2.85. The predicted octanol–water partition coefficient (Wildman–Crippen LogP) is 5.03. The van der Waals surface area contributed by atoms with Gasteiger partial charge in [0.15, 0.2) is 5.78 Å². The Labute approximate surface area is 126 Å². The first-order valence-electron chi connectivity index (χ1n) is 5.92. The summed E-state index contributed by atoms with van der Waals surface area (Å²) in [4.78, 5) is 12.1. The van der Waals surface area contributed by atoms with Crippen LogP contribution in [0.3, 0.4) is 0 Å². The van der Waals surface area contributed by atoms with Crippen molar-refractivity contribution in [2.24, 2.45) is 0 Å². The van der Waals surface area contributed by atoms with Crippen molar-refractivity contribution in [2.45, 2.75) is 12.6 Å². The lowest BCUT2D eigenvalue weighted by molar-refractivity contribution is -0.137. The van der Waals surface area contributed by atoms with E-state index < -0.39 is 23.3 Å². The molecule has 21 heavy (non-hydrogen) atoms. The first-order chi connectivity index (χ1) is 9.77. The summed E-state index contributed by atoms with van der Waals surface area (Å²) in [5.74, 6) is -1.04. The minimum Gasteiger partial charge on any atom is -0.294 e. The zero-order valence-electron chi connectivity index (χ0n) is 10.5. The Morgan fingerprint density at radius 1 is 1.10 bits per heavy atom. The maximum atomic E-state index is 13.1. The summed E-state index contributed by atoms with van der Waals surface area (Å²) >= 11 is 3.12. The molecule has 1 nitrogen and oxygen atoms in total. The van der Waals surface area contributed by atoms with E-state index >= 15 is 0 Å². The summed E-state index contributed by atoms with van der Waals surface area (Å²) in [6.07, 6.45) is -4.69. The van der Waals surface area contributed by atoms with Gasteiger partial charge in [0.25, 0.3) is 0 Å². The molecule has 2 rings (SSSR count). The molecule has 0 heterocycles. The lowest BCUT2D eigenvalue weighted by atomic mass is 10.0. The number of Topliss-reactive ketones (excluding diaryl/α,β-unsaturated/α-hetero) is 1. The van der Waals surface area contributed by atoms with Gasteiger partial charge >= 0.3 is 6.18 Å². The molecule has 0 aliphatic carbocycles. The van der Waals surface area contributed by atoms with Crippen molar-refractivity contribution in [3.05, 3.63) is 69.4 Å². The molecule has 0 fully saturated rings. The smallest absolute Gasteiger partial charge is 0.294 e. The number of rotatable bonds is 3. The van der Waals surface area contributed by atoms with Gasteiger partial charge in [-0.15, -0.1) is 0 Å². The molecule has 2 aromatic carbocycles. The lowest BCUT2D eigenvalue weighted by Gasteiger charge is -2.09. The monoisotopic (exact) mass is 360 g/mol. The van der Waals surface area contributed by atoms with Gasteiger partial charge < -0.3 is 0 Å². The molecule has 0 bridgehead atoms. The second-order valence-corrected chi connectivity index (χ2v) is 5.28. The molecule has 0 saturated carbocycles. The van der Waals surface area contributed by atoms with Crippen molar-refractivity contribution in [1.29, 1.82) is 0 Å². The van der Waals surface area contributed by atoms with Gasteiger partial charge in [-0.05, 0) is 29.8 Å². The van der Waals surface area contributed by atoms with Gasteiger partial charge in [0.1, 0.15) is 5.82 Å². The van der Waals surface area contributed by atoms with Crippen molar-refractivity contribution < 1.29 is 22.4 Å². The molecule has 0 N–H and O–H groups in total. The molecule has 0 aliphatic rings. The second-order valence-electron chi connectivity index (χ2n) is 4.42. The molecule has 0 unspecified atom stereocenters. The number of carbonyl (C=O) groups excluding carboxylic acids is 1. The number of halogens is 5. The maximum Gasteiger partial charge on any atom is 0.416 e. The van der Waals surface area contributed by atoms with Gasteiger partial charge in [0.05, 0.1) is 5.56 Å². The van der Waals surface area contributed by atoms with E-state index in [9.17, 15) is 22.4 Å². The second kappa shape index (κ2) is 5.97. The molecule has 0 saturated heterocycles. The highest BCUT2D eigenvalue weighted by Gasteiger charge is 2.30. The fourth-order valence-corrected chi connectivity index (χ4v) is 2.32. The standard InChI is InChI=1S/C15H9BrF4O/c16-13-5-4-11(17)8-12(13)14(21)7-9-2-1-3-10(6-9)15(18,19)20/h1-6,8H,7H2. The van der Waals surface area contributed by atoms with E-state index in [0.29, 0.717) is 4.47 Å². The van der Waals surface area contributed by atoms with Gasteiger partial charge in [0, 0.05) is 16.5 Å². The van der Waals surface area contributed by atoms with Crippen LogP contribution in [0, 0.1) is 5.82 Å². The SMILES string of the molecule is O=C(Cc1cccc(C(F)(F)F)c1)c1cc(F)ccc1Br. The first-order valence-corrected chi connectivity index (χ1v) is 6.71. The summed E-state index contributed by atoms with van der Waals surface area (Å²) in [6.45, 7) is 0. The van der Waals surface area contributed by atoms with E-state index in [1.54, 1.807) is 0 Å². The van der Waals surface area contributed by atoms with Crippen LogP contribution in [0.25, 0.3) is 0 Å². The zero-order chi connectivity index (χ0) is 15.6. The molecule has 110 valence electrons. The van der Waals surface area contributed by atoms with Crippen molar-refractivity contribution in [2.75, 3.05) is 0 Å². The first kappa shape index (κ1) is 15.7. The summed E-state index contributed by atoms with van der Waals surface area (Å²) in [5.41, 5.74) is -0.482. The molecular formula is C15H9BrF4O. The van der Waals surface area contributed by atoms with Crippen LogP contribution in [0.15, 0.2) is 46.9 Å². The van der Waals surface area contributed by atoms with Crippen molar-refractivity contribution in [3.8, 4) is 0 Å². The third-order valence-corrected chi connectivity index (χ3v) is 3.54. The molecule has 0 spiro atoms. The molecule has 0 radical (unpaired) electrons. The summed E-state index contributed by atoms with van der Waals surface area (Å²) in [5, 5.41) is 0. The quantitative estimate of drug-likeness (QED) is 0.554. The van der Waals surface area contributed by atoms with E-state index in [1.807, 2.05) is 0 Å². The Hall–Kier alpha value is -1.69. The Morgan fingerprint density at radius 3 is 2.48 bits per heavy atom. The van der Waals surface area contributed by atoms with Gasteiger partial charge in [-0.1, -0.05) is 34.1 Å². The minimum atomic E-state index is -4.46. The van der Waals surface area contributed by atoms with Crippen LogP contribution in [0.1, 0.15) is 21.5 Å². The number of ketones is 1. The van der Waals surface area contributed by atoms with Crippen LogP contribution in [0.4, 0.5) is 17.6 Å². The lowest BCUT2D eigenvalue weighted by Crippen LogP contribution is -2.08. The zero-order valence-corrected chi connectivity index (χ0v) is 12.1. The highest BCUT2D eigenvalue weighted by Crippen LogP contribution is 2.30. The molecule has 0 aliphatic heterocycles. The van der Waals surface area contributed by atoms with Crippen LogP contribution in [0.2, 0.25) is 0 Å². The van der Waals surface area contributed by atoms with Crippen LogP contribution >= 0.6 is 15.9 Å². The summed E-state index contributed by atoms with van der Waals surface area (Å²) in [6, 6.07) is 8.16. The fourth-order valence-electron chi connectivity index (χ4n) is 1.85. The Bertz CT molecular complexity index is 680. The van der Waals surface area contributed by atoms with Gasteiger partial charge in [0.2, 0.25) is 0 Å². The number of alkyl halides is 3. The molecule has 0 aromatic heterocycles. The molecule has 6 heteroatoms. The Kier molecular flexibility index (Phi) is 4.46. The number of hydrogen-bond acceptors (Lipinski definition) is 1. The third kappa shape index (κ3) is 3.91. The normalized spacial score (nSPS) is 11.5. The van der Waals surface area contributed by atoms with Crippen LogP contribution in [0.5, 0.6) is 0 Å². The highest BCUT2D eigenvalue weighted by molar-refractivity contribution is 9.10. The van der Waals surface area contributed by atoms with Crippen molar-refractivity contribution in [1.82, 2.24) is 0 Å². The summed E-state index contributed by atoms with van der Waals surface area (Å²) < 4.78 is 51.4. The van der Waals surface area contributed by atoms with Gasteiger partial charge in [-0.2, -0.15) is 13.2 Å². The van der Waals surface area contributed by atoms with Crippen molar-refractivity contribution >= 4 is 21.7 Å². The molecule has 0 atom stereocenters. The Balaban J connectivity index is 2.26. The molecule has 0 amide bonds. The molecular weight excluding hydrogens is 352 g/mol. The minimum absolute atomic E-state index is 0.104. The average Bonchev–Trinajstić information content (AvgIpc) is 2.41. The van der Waals surface area contributed by atoms with Crippen LogP contribution < -0.4 is 0 Å². The maximum absolute atomic E-state index is 13.1. The highest BCUT2D eigenvalue weighted by atomic mass is 79.9. The summed E-state index contributed by atoms with van der Waals surface area (Å²) in [7, 11) is 0. The van der Waals surface area contributed by atoms with E-state index in [1.165, 1.54) is 24.3 Å². The van der Waals surface area contributed by atoms with E-state index in [4.69, 9.17) is 0 Å². The van der Waals surface area contributed by atoms with Gasteiger partial charge in [-0.25, -0.2) is 4.39 Å². The topological polar surface area (TPSA) is 17.1 Å². The number of hydrogen-bond donors (Lipinski definition) is 0. The van der Waals surface area contributed by atoms with E-state index in [-0.39, 0.29) is 17.5 Å². The fraction of sp³-hybridized carbons (Fsp3) is 0.133.